The van der Waals surface area contributed by atoms with Crippen molar-refractivity contribution in [3.63, 3.8) is 0 Å². The molecule has 2 aromatic rings. The lowest BCUT2D eigenvalue weighted by Gasteiger charge is -2.32. The molecule has 2 amide bonds. The van der Waals surface area contributed by atoms with Gasteiger partial charge in [-0.15, -0.1) is 0 Å². The van der Waals surface area contributed by atoms with Crippen LogP contribution in [-0.2, 0) is 29.1 Å². The van der Waals surface area contributed by atoms with Crippen molar-refractivity contribution >= 4 is 18.0 Å². The molecule has 0 aromatic carbocycles. The van der Waals surface area contributed by atoms with E-state index < -0.39 is 35.8 Å². The number of rotatable bonds is 14. The van der Waals surface area contributed by atoms with Crippen LogP contribution < -0.4 is 16.2 Å². The highest BCUT2D eigenvalue weighted by Gasteiger charge is 2.38. The number of aryl methyl sites for hydroxylation is 1. The number of unbranched alkanes of at least 4 members (excludes halogenated alkanes) is 1. The molecule has 13 heteroatoms. The van der Waals surface area contributed by atoms with E-state index in [4.69, 9.17) is 0 Å². The molecule has 3 heterocycles. The first kappa shape index (κ1) is 33.5. The highest BCUT2D eigenvalue weighted by Crippen LogP contribution is 2.32. The molecule has 1 aliphatic heterocycles. The Labute approximate surface area is 260 Å². The molecule has 2 aliphatic rings. The molecule has 10 nitrogen and oxygen atoms in total. The monoisotopic (exact) mass is 627 g/mol. The number of amides is 2. The highest BCUT2D eigenvalue weighted by atomic mass is 19.3. The van der Waals surface area contributed by atoms with E-state index in [0.717, 1.165) is 37.4 Å². The number of nitrogens with one attached hydrogen (secondary N) is 2. The molecule has 2 N–H and O–H groups in total. The molecule has 1 aliphatic carbocycles. The zero-order chi connectivity index (χ0) is 32.9. The zero-order valence-corrected chi connectivity index (χ0v) is 26.0. The zero-order valence-electron chi connectivity index (χ0n) is 26.0. The number of carbonyl (C=O) groups is 2. The van der Waals surface area contributed by atoms with Crippen molar-refractivity contribution in [3.8, 4) is 11.3 Å². The number of alkyl halides is 3. The quantitative estimate of drug-likeness (QED) is 0.319. The summed E-state index contributed by atoms with van der Waals surface area (Å²) in [4.78, 5) is 44.7. The molecule has 2 aromatic heterocycles. The summed E-state index contributed by atoms with van der Waals surface area (Å²) in [5.41, 5.74) is -0.773. The molecule has 45 heavy (non-hydrogen) atoms. The third-order valence-electron chi connectivity index (χ3n) is 7.51. The number of aromatic nitrogens is 3. The Kier molecular flexibility index (Phi) is 10.2. The first-order valence-corrected chi connectivity index (χ1v) is 14.9. The van der Waals surface area contributed by atoms with E-state index in [-0.39, 0.29) is 36.0 Å². The van der Waals surface area contributed by atoms with E-state index in [2.05, 4.69) is 27.3 Å². The Hall–Kier alpha value is -4.42. The minimum atomic E-state index is -3.83. The van der Waals surface area contributed by atoms with Gasteiger partial charge in [0.1, 0.15) is 17.6 Å². The molecule has 1 atom stereocenters. The number of carbonyl (C=O) groups excluding carboxylic acids is 2. The standard InChI is InChI=1S/C32H40F3N7O3/c1-6-7-9-24(41-15-8-14-36-21(41)2)16-25(37-29(44)22-10-11-22)30(45)38-31(3,4)20-42-26(17-27(39-42)32(34,35)19-33)23-12-13-28(43)40(5)18-23/h8-9,12-15,17-18,22,25H,2,6-7,10-11,16,19-20H2,1,3-5H3,(H,37,44)(H,38,45)/b24-9-. The van der Waals surface area contributed by atoms with E-state index in [9.17, 15) is 27.6 Å². The van der Waals surface area contributed by atoms with E-state index in [1.807, 2.05) is 13.0 Å². The van der Waals surface area contributed by atoms with Gasteiger partial charge in [0, 0.05) is 55.3 Å². The van der Waals surface area contributed by atoms with Gasteiger partial charge in [-0.2, -0.15) is 13.9 Å². The van der Waals surface area contributed by atoms with Gasteiger partial charge in [0.05, 0.1) is 17.8 Å². The molecule has 1 unspecified atom stereocenters. The molecule has 0 spiro atoms. The first-order valence-electron chi connectivity index (χ1n) is 14.9. The fourth-order valence-corrected chi connectivity index (χ4v) is 4.90. The lowest BCUT2D eigenvalue weighted by atomic mass is 10.0. The summed E-state index contributed by atoms with van der Waals surface area (Å²) in [6, 6.07) is 2.89. The minimum absolute atomic E-state index is 0.0819. The summed E-state index contributed by atoms with van der Waals surface area (Å²) >= 11 is 0. The van der Waals surface area contributed by atoms with Crippen LogP contribution in [0.1, 0.15) is 58.6 Å². The van der Waals surface area contributed by atoms with Gasteiger partial charge >= 0.3 is 5.92 Å². The van der Waals surface area contributed by atoms with Crippen molar-refractivity contribution < 1.29 is 22.8 Å². The van der Waals surface area contributed by atoms with Crippen LogP contribution in [0.25, 0.3) is 11.3 Å². The molecule has 0 bridgehead atoms. The largest absolute Gasteiger partial charge is 0.348 e. The van der Waals surface area contributed by atoms with Crippen molar-refractivity contribution in [2.75, 3.05) is 6.67 Å². The number of nitrogens with zero attached hydrogens (tertiary/aromatic N) is 5. The van der Waals surface area contributed by atoms with Crippen molar-refractivity contribution in [1.29, 1.82) is 0 Å². The molecule has 0 saturated heterocycles. The fraction of sp³-hybridized carbons (Fsp3) is 0.469. The Balaban J connectivity index is 1.62. The molecule has 4 rings (SSSR count). The van der Waals surface area contributed by atoms with Gasteiger partial charge in [0.2, 0.25) is 17.4 Å². The average Bonchev–Trinajstić information content (AvgIpc) is 3.76. The summed E-state index contributed by atoms with van der Waals surface area (Å²) in [6.07, 6.45) is 11.9. The van der Waals surface area contributed by atoms with Crippen LogP contribution in [-0.4, -0.2) is 55.5 Å². The summed E-state index contributed by atoms with van der Waals surface area (Å²) in [7, 11) is 1.52. The lowest BCUT2D eigenvalue weighted by molar-refractivity contribution is -0.130. The van der Waals surface area contributed by atoms with Crippen molar-refractivity contribution in [2.24, 2.45) is 18.0 Å². The minimum Gasteiger partial charge on any atom is -0.348 e. The second-order valence-electron chi connectivity index (χ2n) is 12.1. The smallest absolute Gasteiger partial charge is 0.319 e. The van der Waals surface area contributed by atoms with E-state index >= 15 is 0 Å². The molecule has 1 fully saturated rings. The summed E-state index contributed by atoms with van der Waals surface area (Å²) in [6.45, 7) is 7.40. The fourth-order valence-electron chi connectivity index (χ4n) is 4.90. The van der Waals surface area contributed by atoms with Gasteiger partial charge in [-0.3, -0.25) is 19.1 Å². The van der Waals surface area contributed by atoms with E-state index in [1.165, 1.54) is 34.6 Å². The number of hydrogen-bond donors (Lipinski definition) is 2. The number of halogens is 3. The number of hydrogen-bond acceptors (Lipinski definition) is 6. The predicted molar refractivity (Wildman–Crippen MR) is 166 cm³/mol. The molecule has 0 radical (unpaired) electrons. The summed E-state index contributed by atoms with van der Waals surface area (Å²) in [5.74, 6) is -4.19. The Morgan fingerprint density at radius 3 is 2.60 bits per heavy atom. The maximum absolute atomic E-state index is 14.4. The van der Waals surface area contributed by atoms with Crippen LogP contribution in [0.4, 0.5) is 13.2 Å². The summed E-state index contributed by atoms with van der Waals surface area (Å²) in [5, 5.41) is 9.88. The van der Waals surface area contributed by atoms with Gasteiger partial charge in [-0.05, 0) is 51.3 Å². The predicted octanol–water partition coefficient (Wildman–Crippen LogP) is 4.55. The van der Waals surface area contributed by atoms with Crippen LogP contribution >= 0.6 is 0 Å². The maximum atomic E-state index is 14.4. The van der Waals surface area contributed by atoms with Crippen LogP contribution in [0, 0.1) is 5.92 Å². The topological polar surface area (TPSA) is 114 Å². The van der Waals surface area contributed by atoms with Gasteiger partial charge in [0.15, 0.2) is 6.67 Å². The van der Waals surface area contributed by atoms with Gasteiger partial charge in [0.25, 0.3) is 0 Å². The Bertz CT molecular complexity index is 1580. The third kappa shape index (κ3) is 8.40. The van der Waals surface area contributed by atoms with Crippen LogP contribution in [0.2, 0.25) is 0 Å². The second kappa shape index (κ2) is 13.7. The Morgan fingerprint density at radius 1 is 1.24 bits per heavy atom. The normalized spacial score (nSPS) is 16.2. The highest BCUT2D eigenvalue weighted by molar-refractivity contribution is 5.90. The first-order chi connectivity index (χ1) is 21.2. The lowest BCUT2D eigenvalue weighted by Crippen LogP contribution is -2.55. The van der Waals surface area contributed by atoms with Gasteiger partial charge in [-0.25, -0.2) is 9.38 Å². The van der Waals surface area contributed by atoms with E-state index in [0.29, 0.717) is 11.4 Å². The van der Waals surface area contributed by atoms with Gasteiger partial charge in [-0.1, -0.05) is 26.0 Å². The van der Waals surface area contributed by atoms with Crippen molar-refractivity contribution in [1.82, 2.24) is 29.9 Å². The number of allylic oxidation sites excluding steroid dienone is 2. The SMILES string of the molecule is C=C1N=CC=CN1/C(=C\CCC)CC(NC(=O)C1CC1)C(=O)NC(C)(C)Cn1nc(C(F)(F)CF)cc1-c1ccc(=O)n(C)c1. The number of aliphatic imine (C=N–C) groups is 1. The summed E-state index contributed by atoms with van der Waals surface area (Å²) < 4.78 is 44.7. The van der Waals surface area contributed by atoms with Crippen LogP contribution in [0.15, 0.2) is 70.6 Å². The molecule has 1 saturated carbocycles. The van der Waals surface area contributed by atoms with Crippen LogP contribution in [0.5, 0.6) is 0 Å². The Morgan fingerprint density at radius 2 is 1.98 bits per heavy atom. The number of pyridine rings is 1. The second-order valence-corrected chi connectivity index (χ2v) is 12.1. The third-order valence-corrected chi connectivity index (χ3v) is 7.51. The van der Waals surface area contributed by atoms with Crippen molar-refractivity contribution in [3.05, 3.63) is 76.9 Å². The average molecular weight is 628 g/mol. The molecular weight excluding hydrogens is 587 g/mol. The molecular formula is C32H40F3N7O3. The molecule has 242 valence electrons. The van der Waals surface area contributed by atoms with Gasteiger partial charge < -0.3 is 20.1 Å². The van der Waals surface area contributed by atoms with Crippen molar-refractivity contribution in [2.45, 2.75) is 76.9 Å². The van der Waals surface area contributed by atoms with Crippen LogP contribution in [0.3, 0.4) is 0 Å². The van der Waals surface area contributed by atoms with E-state index in [1.54, 1.807) is 37.2 Å². The maximum Gasteiger partial charge on any atom is 0.319 e.